The highest BCUT2D eigenvalue weighted by atomic mass is 127. The largest absolute Gasteiger partial charge is 0.469 e. The predicted octanol–water partition coefficient (Wildman–Crippen LogP) is 4.60. The Morgan fingerprint density at radius 3 is 2.83 bits per heavy atom. The number of aromatic amines is 1. The van der Waals surface area contributed by atoms with E-state index in [-0.39, 0.29) is 24.0 Å². The Hall–Kier alpha value is -1.58. The van der Waals surface area contributed by atoms with Crippen molar-refractivity contribution in [1.82, 2.24) is 25.4 Å². The van der Waals surface area contributed by atoms with E-state index in [2.05, 4.69) is 39.2 Å². The summed E-state index contributed by atoms with van der Waals surface area (Å²) in [6, 6.07) is 3.97. The number of hydrogen-bond donors (Lipinski definition) is 2. The van der Waals surface area contributed by atoms with Crippen molar-refractivity contribution in [2.45, 2.75) is 64.7 Å². The molecule has 3 heterocycles. The standard InChI is InChI=1S/C22H36N6O.HI/c1-3-5-7-18(4-2)16-24-22(23-12-9-20-8-6-15-29-20)28-13-10-19(11-14-28)21-25-17-26-27-21;/h6,8,15,17-19H,3-5,7,9-14,16H2,1-2H3,(H,23,24)(H,25,26,27);1H. The van der Waals surface area contributed by atoms with Gasteiger partial charge in [0.25, 0.3) is 0 Å². The first-order valence-corrected chi connectivity index (χ1v) is 11.2. The van der Waals surface area contributed by atoms with Gasteiger partial charge in [-0.3, -0.25) is 10.1 Å². The third-order valence-electron chi connectivity index (χ3n) is 5.89. The van der Waals surface area contributed by atoms with Crippen molar-refractivity contribution in [2.24, 2.45) is 10.9 Å². The summed E-state index contributed by atoms with van der Waals surface area (Å²) in [4.78, 5) is 11.8. The number of guanidine groups is 1. The summed E-state index contributed by atoms with van der Waals surface area (Å²) < 4.78 is 5.47. The zero-order valence-electron chi connectivity index (χ0n) is 18.3. The van der Waals surface area contributed by atoms with Crippen LogP contribution in [-0.2, 0) is 6.42 Å². The summed E-state index contributed by atoms with van der Waals surface area (Å²) in [7, 11) is 0. The molecule has 1 aliphatic heterocycles. The Bertz CT molecular complexity index is 695. The number of nitrogens with one attached hydrogen (secondary N) is 2. The molecule has 0 bridgehead atoms. The van der Waals surface area contributed by atoms with E-state index in [4.69, 9.17) is 9.41 Å². The Morgan fingerprint density at radius 2 is 2.20 bits per heavy atom. The van der Waals surface area contributed by atoms with Gasteiger partial charge >= 0.3 is 0 Å². The third kappa shape index (κ3) is 7.59. The maximum Gasteiger partial charge on any atom is 0.193 e. The van der Waals surface area contributed by atoms with Crippen LogP contribution in [-0.4, -0.2) is 52.2 Å². The zero-order valence-corrected chi connectivity index (χ0v) is 20.7. The van der Waals surface area contributed by atoms with Crippen molar-refractivity contribution >= 4 is 29.9 Å². The molecule has 2 aromatic heterocycles. The van der Waals surface area contributed by atoms with E-state index in [1.165, 1.54) is 25.7 Å². The molecule has 1 saturated heterocycles. The SMILES string of the molecule is CCCCC(CC)CN=C(NCCc1ccco1)N1CCC(c2ncn[nH]2)CC1.I. The average molecular weight is 528 g/mol. The quantitative estimate of drug-likeness (QED) is 0.268. The Balaban J connectivity index is 0.00000320. The fourth-order valence-corrected chi connectivity index (χ4v) is 3.93. The molecule has 30 heavy (non-hydrogen) atoms. The van der Waals surface area contributed by atoms with Gasteiger partial charge in [-0.1, -0.05) is 33.1 Å². The minimum atomic E-state index is 0. The molecule has 2 N–H and O–H groups in total. The molecular weight excluding hydrogens is 491 g/mol. The molecule has 1 fully saturated rings. The summed E-state index contributed by atoms with van der Waals surface area (Å²) in [5, 5.41) is 10.6. The number of nitrogens with zero attached hydrogens (tertiary/aromatic N) is 4. The van der Waals surface area contributed by atoms with Crippen LogP contribution < -0.4 is 5.32 Å². The number of H-pyrrole nitrogens is 1. The van der Waals surface area contributed by atoms with Gasteiger partial charge in [-0.25, -0.2) is 4.98 Å². The lowest BCUT2D eigenvalue weighted by Gasteiger charge is -2.33. The maximum absolute atomic E-state index is 5.47. The lowest BCUT2D eigenvalue weighted by atomic mass is 9.96. The number of furan rings is 1. The lowest BCUT2D eigenvalue weighted by molar-refractivity contribution is 0.297. The number of likely N-dealkylation sites (tertiary alicyclic amines) is 1. The first-order valence-electron chi connectivity index (χ1n) is 11.2. The molecular formula is C22H37IN6O. The average Bonchev–Trinajstić information content (AvgIpc) is 3.47. The van der Waals surface area contributed by atoms with Gasteiger partial charge in [0.1, 0.15) is 17.9 Å². The topological polar surface area (TPSA) is 82.3 Å². The predicted molar refractivity (Wildman–Crippen MR) is 131 cm³/mol. The van der Waals surface area contributed by atoms with Crippen LogP contribution in [0.15, 0.2) is 34.1 Å². The molecule has 1 unspecified atom stereocenters. The van der Waals surface area contributed by atoms with E-state index < -0.39 is 0 Å². The third-order valence-corrected chi connectivity index (χ3v) is 5.89. The highest BCUT2D eigenvalue weighted by Gasteiger charge is 2.24. The molecule has 1 atom stereocenters. The van der Waals surface area contributed by atoms with E-state index >= 15 is 0 Å². The first-order chi connectivity index (χ1) is 14.3. The van der Waals surface area contributed by atoms with Crippen molar-refractivity contribution in [1.29, 1.82) is 0 Å². The van der Waals surface area contributed by atoms with Crippen LogP contribution in [0.5, 0.6) is 0 Å². The second kappa shape index (κ2) is 13.7. The van der Waals surface area contributed by atoms with Crippen molar-refractivity contribution in [3.8, 4) is 0 Å². The summed E-state index contributed by atoms with van der Waals surface area (Å²) in [6.45, 7) is 8.26. The van der Waals surface area contributed by atoms with Gasteiger partial charge in [-0.05, 0) is 37.3 Å². The number of hydrogen-bond acceptors (Lipinski definition) is 4. The van der Waals surface area contributed by atoms with Crippen LogP contribution in [0.1, 0.15) is 69.9 Å². The monoisotopic (exact) mass is 528 g/mol. The van der Waals surface area contributed by atoms with Crippen molar-refractivity contribution < 1.29 is 4.42 Å². The van der Waals surface area contributed by atoms with Crippen LogP contribution in [0.25, 0.3) is 0 Å². The molecule has 1 aliphatic rings. The first kappa shape index (κ1) is 24.7. The number of unbranched alkanes of at least 4 members (excludes halogenated alkanes) is 1. The Morgan fingerprint density at radius 1 is 1.37 bits per heavy atom. The van der Waals surface area contributed by atoms with Gasteiger partial charge in [-0.15, -0.1) is 24.0 Å². The molecule has 3 rings (SSSR count). The minimum Gasteiger partial charge on any atom is -0.469 e. The van der Waals surface area contributed by atoms with Crippen molar-refractivity contribution in [3.63, 3.8) is 0 Å². The van der Waals surface area contributed by atoms with E-state index in [1.54, 1.807) is 12.6 Å². The molecule has 0 radical (unpaired) electrons. The van der Waals surface area contributed by atoms with Crippen LogP contribution >= 0.6 is 24.0 Å². The lowest BCUT2D eigenvalue weighted by Crippen LogP contribution is -2.46. The maximum atomic E-state index is 5.47. The van der Waals surface area contributed by atoms with Gasteiger partial charge in [0.2, 0.25) is 0 Å². The molecule has 2 aromatic rings. The van der Waals surface area contributed by atoms with Crippen molar-refractivity contribution in [3.05, 3.63) is 36.3 Å². The number of piperidine rings is 1. The van der Waals surface area contributed by atoms with Crippen molar-refractivity contribution in [2.75, 3.05) is 26.2 Å². The molecule has 0 spiro atoms. The Kier molecular flexibility index (Phi) is 11.2. The minimum absolute atomic E-state index is 0. The van der Waals surface area contributed by atoms with Crippen LogP contribution in [0.3, 0.4) is 0 Å². The summed E-state index contributed by atoms with van der Waals surface area (Å²) in [6.07, 6.45) is 11.3. The van der Waals surface area contributed by atoms with Crippen LogP contribution in [0.4, 0.5) is 0 Å². The molecule has 0 aliphatic carbocycles. The highest BCUT2D eigenvalue weighted by molar-refractivity contribution is 14.0. The van der Waals surface area contributed by atoms with E-state index in [1.807, 2.05) is 12.1 Å². The normalized spacial score (nSPS) is 16.3. The van der Waals surface area contributed by atoms with Gasteiger partial charge in [0, 0.05) is 38.5 Å². The molecule has 0 saturated carbocycles. The molecule has 0 aromatic carbocycles. The van der Waals surface area contributed by atoms with Gasteiger partial charge in [0.05, 0.1) is 6.26 Å². The van der Waals surface area contributed by atoms with E-state index in [0.717, 1.165) is 63.0 Å². The fraction of sp³-hybridized carbons (Fsp3) is 0.682. The zero-order chi connectivity index (χ0) is 20.3. The highest BCUT2D eigenvalue weighted by Crippen LogP contribution is 2.25. The van der Waals surface area contributed by atoms with Gasteiger partial charge < -0.3 is 14.6 Å². The number of rotatable bonds is 10. The van der Waals surface area contributed by atoms with Crippen LogP contribution in [0, 0.1) is 5.92 Å². The number of halogens is 1. The Labute approximate surface area is 197 Å². The second-order valence-corrected chi connectivity index (χ2v) is 7.97. The molecule has 168 valence electrons. The van der Waals surface area contributed by atoms with Crippen LogP contribution in [0.2, 0.25) is 0 Å². The second-order valence-electron chi connectivity index (χ2n) is 7.97. The van der Waals surface area contributed by atoms with E-state index in [9.17, 15) is 0 Å². The fourth-order valence-electron chi connectivity index (χ4n) is 3.93. The van der Waals surface area contributed by atoms with Gasteiger partial charge in [-0.2, -0.15) is 5.10 Å². The summed E-state index contributed by atoms with van der Waals surface area (Å²) >= 11 is 0. The smallest absolute Gasteiger partial charge is 0.193 e. The number of aliphatic imine (C=N–C) groups is 1. The molecule has 8 heteroatoms. The van der Waals surface area contributed by atoms with E-state index in [0.29, 0.717) is 11.8 Å². The summed E-state index contributed by atoms with van der Waals surface area (Å²) in [5.74, 6) is 4.20. The molecule has 0 amide bonds. The van der Waals surface area contributed by atoms with Gasteiger partial charge in [0.15, 0.2) is 5.96 Å². The molecule has 7 nitrogen and oxygen atoms in total. The summed E-state index contributed by atoms with van der Waals surface area (Å²) in [5.41, 5.74) is 0. The number of aromatic nitrogens is 3.